The number of methoxy groups -OCH3 is 1. The third-order valence-corrected chi connectivity index (χ3v) is 1.94. The molecule has 0 fully saturated rings. The fraction of sp³-hybridized carbons (Fsp3) is 0.250. The number of benzene rings is 1. The van der Waals surface area contributed by atoms with Crippen LogP contribution in [0.5, 0.6) is 11.5 Å². The second kappa shape index (κ2) is 6.39. The minimum Gasteiger partial charge on any atom is -0.493 e. The molecule has 0 bridgehead atoms. The molecule has 0 unspecified atom stereocenters. The Balaban J connectivity index is 2.87. The maximum atomic E-state index is 10.9. The van der Waals surface area contributed by atoms with Gasteiger partial charge in [-0.1, -0.05) is 0 Å². The summed E-state index contributed by atoms with van der Waals surface area (Å²) in [6.07, 6.45) is 1.57. The summed E-state index contributed by atoms with van der Waals surface area (Å²) in [6, 6.07) is 5.03. The lowest BCUT2D eigenvalue weighted by molar-refractivity contribution is -0.132. The summed E-state index contributed by atoms with van der Waals surface area (Å²) in [4.78, 5) is 14.8. The Morgan fingerprint density at radius 2 is 2.22 bits per heavy atom. The maximum absolute atomic E-state index is 10.9. The van der Waals surface area contributed by atoms with E-state index in [1.807, 2.05) is 0 Å². The number of carbonyl (C=O) groups excluding carboxylic acids is 1. The van der Waals surface area contributed by atoms with Crippen molar-refractivity contribution in [3.05, 3.63) is 23.8 Å². The van der Waals surface area contributed by atoms with Gasteiger partial charge in [0.05, 0.1) is 13.7 Å². The number of rotatable bonds is 5. The van der Waals surface area contributed by atoms with Crippen molar-refractivity contribution in [3.63, 3.8) is 0 Å². The highest BCUT2D eigenvalue weighted by atomic mass is 16.6. The summed E-state index contributed by atoms with van der Waals surface area (Å²) in [5.74, 6) is 0.381. The fourth-order valence-electron chi connectivity index (χ4n) is 1.25. The number of amidine groups is 1. The second-order valence-electron chi connectivity index (χ2n) is 3.50. The third kappa shape index (κ3) is 4.25. The van der Waals surface area contributed by atoms with Crippen LogP contribution < -0.4 is 15.2 Å². The molecule has 3 N–H and O–H groups in total. The first-order valence-electron chi connectivity index (χ1n) is 5.22. The molecule has 96 valence electrons. The quantitative estimate of drug-likeness (QED) is 0.351. The largest absolute Gasteiger partial charge is 0.493 e. The highest BCUT2D eigenvalue weighted by Crippen LogP contribution is 2.27. The van der Waals surface area contributed by atoms with Crippen LogP contribution in [-0.2, 0) is 4.79 Å². The summed E-state index contributed by atoms with van der Waals surface area (Å²) in [5.41, 5.74) is 5.95. The van der Waals surface area contributed by atoms with Gasteiger partial charge in [-0.3, -0.25) is 15.2 Å². The van der Waals surface area contributed by atoms with Crippen molar-refractivity contribution in [1.82, 2.24) is 0 Å². The molecule has 6 nitrogen and oxygen atoms in total. The molecule has 1 aromatic carbocycles. The van der Waals surface area contributed by atoms with Gasteiger partial charge < -0.3 is 15.2 Å². The summed E-state index contributed by atoms with van der Waals surface area (Å²) in [6.45, 7) is 1.47. The van der Waals surface area contributed by atoms with Crippen LogP contribution in [0.25, 0.3) is 0 Å². The molecule has 0 aromatic heterocycles. The van der Waals surface area contributed by atoms with Crippen molar-refractivity contribution >= 4 is 18.0 Å². The van der Waals surface area contributed by atoms with Crippen molar-refractivity contribution in [3.8, 4) is 11.5 Å². The summed E-state index contributed by atoms with van der Waals surface area (Å²) in [7, 11) is 1.48. The van der Waals surface area contributed by atoms with Crippen molar-refractivity contribution < 1.29 is 14.3 Å². The molecule has 1 aromatic rings. The molecule has 18 heavy (non-hydrogen) atoms. The van der Waals surface area contributed by atoms with E-state index in [4.69, 9.17) is 20.6 Å². The van der Waals surface area contributed by atoms with Crippen molar-refractivity contribution in [1.29, 1.82) is 5.41 Å². The predicted octanol–water partition coefficient (Wildman–Crippen LogP) is 0.975. The zero-order valence-corrected chi connectivity index (χ0v) is 10.3. The first kappa shape index (κ1) is 13.7. The standard InChI is InChI=1S/C12H15N3O3/c1-8(16)18-10-4-3-9(5-11(10)17-2)6-15-7-12(13)14/h3-6H,7H2,1-2H3,(H3,13,14). The lowest BCUT2D eigenvalue weighted by atomic mass is 10.2. The van der Waals surface area contributed by atoms with Crippen LogP contribution >= 0.6 is 0 Å². The van der Waals surface area contributed by atoms with E-state index in [0.29, 0.717) is 11.5 Å². The van der Waals surface area contributed by atoms with Crippen LogP contribution in [0.1, 0.15) is 12.5 Å². The SMILES string of the molecule is COc1cc(C=NCC(=N)N)ccc1OC(C)=O. The van der Waals surface area contributed by atoms with Crippen molar-refractivity contribution in [2.45, 2.75) is 6.92 Å². The van der Waals surface area contributed by atoms with Gasteiger partial charge in [-0.2, -0.15) is 0 Å². The van der Waals surface area contributed by atoms with Gasteiger partial charge >= 0.3 is 5.97 Å². The van der Waals surface area contributed by atoms with Gasteiger partial charge in [0.15, 0.2) is 11.5 Å². The average molecular weight is 249 g/mol. The normalized spacial score (nSPS) is 10.3. The lowest BCUT2D eigenvalue weighted by Crippen LogP contribution is -2.13. The van der Waals surface area contributed by atoms with E-state index in [0.717, 1.165) is 5.56 Å². The fourth-order valence-corrected chi connectivity index (χ4v) is 1.25. The number of ether oxygens (including phenoxy) is 2. The van der Waals surface area contributed by atoms with Crippen LogP contribution in [-0.4, -0.2) is 31.7 Å². The van der Waals surface area contributed by atoms with Gasteiger partial charge in [-0.15, -0.1) is 0 Å². The third-order valence-electron chi connectivity index (χ3n) is 1.94. The topological polar surface area (TPSA) is 97.8 Å². The molecule has 0 amide bonds. The predicted molar refractivity (Wildman–Crippen MR) is 68.7 cm³/mol. The lowest BCUT2D eigenvalue weighted by Gasteiger charge is -2.08. The minimum atomic E-state index is -0.411. The Kier molecular flexibility index (Phi) is 4.86. The van der Waals surface area contributed by atoms with Gasteiger partial charge in [0.25, 0.3) is 0 Å². The Morgan fingerprint density at radius 1 is 1.50 bits per heavy atom. The summed E-state index contributed by atoms with van der Waals surface area (Å²) < 4.78 is 10.1. The van der Waals surface area contributed by atoms with Gasteiger partial charge in [-0.05, 0) is 23.8 Å². The molecule has 0 saturated carbocycles. The number of nitrogens with one attached hydrogen (secondary N) is 1. The number of hydrogen-bond donors (Lipinski definition) is 2. The first-order chi connectivity index (χ1) is 8.52. The van der Waals surface area contributed by atoms with Crippen molar-refractivity contribution in [2.75, 3.05) is 13.7 Å². The van der Waals surface area contributed by atoms with E-state index in [-0.39, 0.29) is 12.4 Å². The van der Waals surface area contributed by atoms with Crippen LogP contribution in [0.2, 0.25) is 0 Å². The minimum absolute atomic E-state index is 0.00486. The molecule has 0 aliphatic heterocycles. The second-order valence-corrected chi connectivity index (χ2v) is 3.50. The molecule has 0 aliphatic rings. The molecular formula is C12H15N3O3. The molecular weight excluding hydrogens is 234 g/mol. The van der Waals surface area contributed by atoms with Gasteiger partial charge in [0, 0.05) is 13.1 Å². The van der Waals surface area contributed by atoms with E-state index < -0.39 is 5.97 Å². The van der Waals surface area contributed by atoms with E-state index in [1.165, 1.54) is 14.0 Å². The number of carbonyl (C=O) groups is 1. The Labute approximate surface area is 105 Å². The van der Waals surface area contributed by atoms with Gasteiger partial charge in [0.2, 0.25) is 0 Å². The Bertz CT molecular complexity index is 483. The number of nitrogens with zero attached hydrogens (tertiary/aromatic N) is 1. The first-order valence-corrected chi connectivity index (χ1v) is 5.22. The number of hydrogen-bond acceptors (Lipinski definition) is 5. The molecule has 6 heteroatoms. The summed E-state index contributed by atoms with van der Waals surface area (Å²) >= 11 is 0. The molecule has 0 saturated heterocycles. The van der Waals surface area contributed by atoms with E-state index in [9.17, 15) is 4.79 Å². The smallest absolute Gasteiger partial charge is 0.308 e. The average Bonchev–Trinajstić information content (AvgIpc) is 2.29. The molecule has 0 atom stereocenters. The number of nitrogens with two attached hydrogens (primary N) is 1. The zero-order chi connectivity index (χ0) is 13.5. The maximum Gasteiger partial charge on any atom is 0.308 e. The highest BCUT2D eigenvalue weighted by molar-refractivity contribution is 5.85. The zero-order valence-electron chi connectivity index (χ0n) is 10.3. The Hall–Kier alpha value is -2.37. The molecule has 0 heterocycles. The van der Waals surface area contributed by atoms with E-state index >= 15 is 0 Å². The summed E-state index contributed by atoms with van der Waals surface area (Å²) in [5, 5.41) is 7.03. The molecule has 0 aliphatic carbocycles. The van der Waals surface area contributed by atoms with Gasteiger partial charge in [0.1, 0.15) is 5.84 Å². The monoisotopic (exact) mass is 249 g/mol. The Morgan fingerprint density at radius 3 is 2.78 bits per heavy atom. The molecule has 0 spiro atoms. The van der Waals surface area contributed by atoms with Crippen LogP contribution in [0.3, 0.4) is 0 Å². The molecule has 0 radical (unpaired) electrons. The van der Waals surface area contributed by atoms with Gasteiger partial charge in [-0.25, -0.2) is 0 Å². The van der Waals surface area contributed by atoms with Crippen molar-refractivity contribution in [2.24, 2.45) is 10.7 Å². The number of esters is 1. The van der Waals surface area contributed by atoms with E-state index in [2.05, 4.69) is 4.99 Å². The van der Waals surface area contributed by atoms with Crippen LogP contribution in [0, 0.1) is 5.41 Å². The van der Waals surface area contributed by atoms with Crippen LogP contribution in [0.4, 0.5) is 0 Å². The van der Waals surface area contributed by atoms with Crippen LogP contribution in [0.15, 0.2) is 23.2 Å². The van der Waals surface area contributed by atoms with E-state index in [1.54, 1.807) is 24.4 Å². The highest BCUT2D eigenvalue weighted by Gasteiger charge is 2.06. The number of aliphatic imine (C=N–C) groups is 1. The molecule has 1 rings (SSSR count).